The van der Waals surface area contributed by atoms with E-state index in [9.17, 15) is 14.4 Å². The average molecular weight is 877 g/mol. The number of allylic oxidation sites excluding steroid dienone is 14. The zero-order valence-electron chi connectivity index (χ0n) is 41.1. The van der Waals surface area contributed by atoms with Crippen molar-refractivity contribution in [2.75, 3.05) is 13.2 Å². The van der Waals surface area contributed by atoms with Crippen molar-refractivity contribution in [1.29, 1.82) is 0 Å². The smallest absolute Gasteiger partial charge is 0.306 e. The Morgan fingerprint density at radius 2 is 0.698 bits per heavy atom. The van der Waals surface area contributed by atoms with E-state index in [1.165, 1.54) is 89.9 Å². The summed E-state index contributed by atoms with van der Waals surface area (Å²) in [5.41, 5.74) is 0. The molecule has 0 saturated carbocycles. The van der Waals surface area contributed by atoms with Gasteiger partial charge in [0.1, 0.15) is 13.2 Å². The molecule has 0 fully saturated rings. The predicted molar refractivity (Wildman–Crippen MR) is 270 cm³/mol. The SMILES string of the molecule is CC/C=C\C/C=C\C/C=C\CCCCCCC(=O)OC(COC(=O)CC/C=C\C/C=C\CCCCCCCC)COC(=O)CCCCCCC/C=C\C=C/CCCCCCCCC. The fourth-order valence-electron chi connectivity index (χ4n) is 6.97. The molecule has 0 aromatic heterocycles. The maximum atomic E-state index is 12.8. The Bertz CT molecular complexity index is 1240. The van der Waals surface area contributed by atoms with Crippen LogP contribution in [0.2, 0.25) is 0 Å². The number of hydrogen-bond acceptors (Lipinski definition) is 6. The molecular weight excluding hydrogens is 781 g/mol. The molecule has 0 aromatic rings. The molecule has 0 aromatic carbocycles. The summed E-state index contributed by atoms with van der Waals surface area (Å²) >= 11 is 0. The Labute approximate surface area is 388 Å². The zero-order chi connectivity index (χ0) is 45.8. The third kappa shape index (κ3) is 49.5. The Kier molecular flexibility index (Phi) is 48.5. The molecule has 0 spiro atoms. The van der Waals surface area contributed by atoms with Crippen molar-refractivity contribution in [1.82, 2.24) is 0 Å². The molecular formula is C57H96O6. The summed E-state index contributed by atoms with van der Waals surface area (Å²) in [5.74, 6) is -1.02. The molecule has 0 aliphatic carbocycles. The fourth-order valence-corrected chi connectivity index (χ4v) is 6.97. The molecule has 0 aliphatic heterocycles. The van der Waals surface area contributed by atoms with Crippen LogP contribution in [0, 0.1) is 0 Å². The number of rotatable bonds is 46. The number of unbranched alkanes of at least 4 members (excludes halogenated alkanes) is 22. The minimum atomic E-state index is -0.817. The lowest BCUT2D eigenvalue weighted by molar-refractivity contribution is -0.166. The number of carbonyl (C=O) groups excluding carboxylic acids is 3. The molecule has 0 saturated heterocycles. The molecule has 0 heterocycles. The van der Waals surface area contributed by atoms with Gasteiger partial charge >= 0.3 is 17.9 Å². The maximum absolute atomic E-state index is 12.8. The first kappa shape index (κ1) is 59.6. The highest BCUT2D eigenvalue weighted by atomic mass is 16.6. The lowest BCUT2D eigenvalue weighted by Crippen LogP contribution is -2.30. The normalized spacial score (nSPS) is 12.7. The quantitative estimate of drug-likeness (QED) is 0.0199. The standard InChI is InChI=1S/C57H96O6/c1-4-7-10-13-16-19-22-25-27-28-29-30-33-35-38-41-44-47-50-56(59)62-53-54(52-61-55(58)49-46-43-40-37-34-31-24-21-18-15-12-9-6-3)63-57(60)51-48-45-42-39-36-32-26-23-20-17-14-11-8-5-2/h8,11,17,20,26-32,34,40,43,54H,4-7,9-10,12-16,18-19,21-25,33,35-39,41-42,44-53H2,1-3H3/b11-8-,20-17-,28-27-,30-29-,32-26-,34-31-,43-40-. The molecule has 1 unspecified atom stereocenters. The van der Waals surface area contributed by atoms with E-state index in [4.69, 9.17) is 14.2 Å². The second-order valence-corrected chi connectivity index (χ2v) is 17.1. The highest BCUT2D eigenvalue weighted by Crippen LogP contribution is 2.13. The maximum Gasteiger partial charge on any atom is 0.306 e. The van der Waals surface area contributed by atoms with Gasteiger partial charge in [-0.1, -0.05) is 209 Å². The fraction of sp³-hybridized carbons (Fsp3) is 0.702. The van der Waals surface area contributed by atoms with Gasteiger partial charge in [-0.3, -0.25) is 14.4 Å². The van der Waals surface area contributed by atoms with Gasteiger partial charge in [0.05, 0.1) is 0 Å². The van der Waals surface area contributed by atoms with Crippen molar-refractivity contribution >= 4 is 17.9 Å². The van der Waals surface area contributed by atoms with Crippen LogP contribution in [0.4, 0.5) is 0 Å². The molecule has 0 bridgehead atoms. The van der Waals surface area contributed by atoms with Crippen molar-refractivity contribution in [3.8, 4) is 0 Å². The molecule has 1 atom stereocenters. The van der Waals surface area contributed by atoms with Gasteiger partial charge in [0.2, 0.25) is 0 Å². The number of carbonyl (C=O) groups is 3. The summed E-state index contributed by atoms with van der Waals surface area (Å²) in [6.45, 7) is 6.42. The largest absolute Gasteiger partial charge is 0.462 e. The second kappa shape index (κ2) is 51.2. The van der Waals surface area contributed by atoms with Crippen LogP contribution in [-0.4, -0.2) is 37.2 Å². The van der Waals surface area contributed by atoms with Gasteiger partial charge in [0, 0.05) is 19.3 Å². The number of hydrogen-bond donors (Lipinski definition) is 0. The van der Waals surface area contributed by atoms with Gasteiger partial charge in [-0.05, 0) is 96.3 Å². The number of esters is 3. The third-order valence-electron chi connectivity index (χ3n) is 10.9. The second-order valence-electron chi connectivity index (χ2n) is 17.1. The van der Waals surface area contributed by atoms with E-state index >= 15 is 0 Å². The minimum absolute atomic E-state index is 0.111. The van der Waals surface area contributed by atoms with E-state index in [1.54, 1.807) is 0 Å². The predicted octanol–water partition coefficient (Wildman–Crippen LogP) is 17.2. The van der Waals surface area contributed by atoms with Crippen LogP contribution in [0.25, 0.3) is 0 Å². The lowest BCUT2D eigenvalue weighted by atomic mass is 10.1. The van der Waals surface area contributed by atoms with Crippen molar-refractivity contribution in [2.24, 2.45) is 0 Å². The summed E-state index contributed by atoms with van der Waals surface area (Å²) in [7, 11) is 0. The van der Waals surface area contributed by atoms with Crippen molar-refractivity contribution < 1.29 is 28.6 Å². The first-order chi connectivity index (χ1) is 31.0. The molecule has 0 amide bonds. The van der Waals surface area contributed by atoms with Gasteiger partial charge in [0.15, 0.2) is 6.10 Å². The van der Waals surface area contributed by atoms with Gasteiger partial charge < -0.3 is 14.2 Å². The topological polar surface area (TPSA) is 78.9 Å². The molecule has 63 heavy (non-hydrogen) atoms. The molecule has 6 heteroatoms. The van der Waals surface area contributed by atoms with Gasteiger partial charge in [-0.2, -0.15) is 0 Å². The molecule has 6 nitrogen and oxygen atoms in total. The van der Waals surface area contributed by atoms with Crippen LogP contribution >= 0.6 is 0 Å². The highest BCUT2D eigenvalue weighted by molar-refractivity contribution is 5.71. The van der Waals surface area contributed by atoms with Crippen molar-refractivity contribution in [3.63, 3.8) is 0 Å². The van der Waals surface area contributed by atoms with Crippen LogP contribution in [0.3, 0.4) is 0 Å². The van der Waals surface area contributed by atoms with Crippen LogP contribution in [-0.2, 0) is 28.6 Å². The zero-order valence-corrected chi connectivity index (χ0v) is 41.1. The van der Waals surface area contributed by atoms with E-state index in [-0.39, 0.29) is 44.0 Å². The van der Waals surface area contributed by atoms with Crippen LogP contribution < -0.4 is 0 Å². The van der Waals surface area contributed by atoms with Gasteiger partial charge in [0.25, 0.3) is 0 Å². The van der Waals surface area contributed by atoms with E-state index < -0.39 is 6.10 Å². The monoisotopic (exact) mass is 877 g/mol. The molecule has 0 N–H and O–H groups in total. The van der Waals surface area contributed by atoms with Gasteiger partial charge in [-0.25, -0.2) is 0 Å². The van der Waals surface area contributed by atoms with E-state index in [2.05, 4.69) is 99.8 Å². The summed E-state index contributed by atoms with van der Waals surface area (Å²) in [5, 5.41) is 0. The highest BCUT2D eigenvalue weighted by Gasteiger charge is 2.19. The molecule has 0 aliphatic rings. The molecule has 0 radical (unpaired) electrons. The van der Waals surface area contributed by atoms with E-state index in [1.807, 2.05) is 6.08 Å². The van der Waals surface area contributed by atoms with Crippen LogP contribution in [0.5, 0.6) is 0 Å². The first-order valence-corrected chi connectivity index (χ1v) is 26.1. The van der Waals surface area contributed by atoms with Crippen molar-refractivity contribution in [3.05, 3.63) is 85.1 Å². The third-order valence-corrected chi connectivity index (χ3v) is 10.9. The van der Waals surface area contributed by atoms with Crippen molar-refractivity contribution in [2.45, 2.75) is 245 Å². The Morgan fingerprint density at radius 3 is 1.16 bits per heavy atom. The van der Waals surface area contributed by atoms with E-state index in [0.717, 1.165) is 103 Å². The first-order valence-electron chi connectivity index (χ1n) is 26.1. The Morgan fingerprint density at radius 1 is 0.349 bits per heavy atom. The Hall–Kier alpha value is -3.41. The van der Waals surface area contributed by atoms with Crippen LogP contribution in [0.1, 0.15) is 239 Å². The van der Waals surface area contributed by atoms with Gasteiger partial charge in [-0.15, -0.1) is 0 Å². The summed E-state index contributed by atoms with van der Waals surface area (Å²) in [6.07, 6.45) is 65.8. The summed E-state index contributed by atoms with van der Waals surface area (Å²) < 4.78 is 16.7. The summed E-state index contributed by atoms with van der Waals surface area (Å²) in [6, 6.07) is 0. The van der Waals surface area contributed by atoms with Crippen LogP contribution in [0.15, 0.2) is 85.1 Å². The average Bonchev–Trinajstić information content (AvgIpc) is 3.28. The lowest BCUT2D eigenvalue weighted by Gasteiger charge is -2.18. The van der Waals surface area contributed by atoms with E-state index in [0.29, 0.717) is 12.8 Å². The molecule has 0 rings (SSSR count). The Balaban J connectivity index is 4.49. The summed E-state index contributed by atoms with van der Waals surface area (Å²) in [4.78, 5) is 37.9. The minimum Gasteiger partial charge on any atom is -0.462 e. The molecule has 360 valence electrons. The number of ether oxygens (including phenoxy) is 3.